The Balaban J connectivity index is 1.96. The number of aliphatic hydroxyl groups is 1. The zero-order valence-electron chi connectivity index (χ0n) is 10.5. The molecule has 104 valence electrons. The summed E-state index contributed by atoms with van der Waals surface area (Å²) in [6.07, 6.45) is 2.82. The van der Waals surface area contributed by atoms with Crippen LogP contribution in [0, 0.1) is 0 Å². The summed E-state index contributed by atoms with van der Waals surface area (Å²) in [5.41, 5.74) is 15.7. The van der Waals surface area contributed by atoms with Crippen LogP contribution in [0.5, 0.6) is 0 Å². The van der Waals surface area contributed by atoms with Crippen LogP contribution in [0.1, 0.15) is 12.6 Å². The van der Waals surface area contributed by atoms with Gasteiger partial charge in [0.05, 0.1) is 30.6 Å². The summed E-state index contributed by atoms with van der Waals surface area (Å²) < 4.78 is 7.52. The van der Waals surface area contributed by atoms with E-state index in [0.29, 0.717) is 17.8 Å². The molecule has 3 atom stereocenters. The van der Waals surface area contributed by atoms with Gasteiger partial charge in [-0.05, 0) is 11.6 Å². The van der Waals surface area contributed by atoms with Gasteiger partial charge in [0, 0.05) is 17.5 Å². The van der Waals surface area contributed by atoms with Crippen LogP contribution in [-0.4, -0.2) is 38.4 Å². The molecule has 9 heteroatoms. The molecule has 1 saturated heterocycles. The average molecular weight is 275 g/mol. The van der Waals surface area contributed by atoms with Crippen molar-refractivity contribution in [3.63, 3.8) is 0 Å². The van der Waals surface area contributed by atoms with Gasteiger partial charge in [-0.3, -0.25) is 0 Å². The van der Waals surface area contributed by atoms with E-state index in [1.165, 1.54) is 0 Å². The molecule has 2 aromatic heterocycles. The Bertz CT molecular complexity index is 678. The number of nitrogens with two attached hydrogens (primary N) is 1. The molecule has 3 N–H and O–H groups in total. The van der Waals surface area contributed by atoms with Crippen LogP contribution < -0.4 is 5.73 Å². The Labute approximate surface area is 113 Å². The van der Waals surface area contributed by atoms with Gasteiger partial charge in [0.2, 0.25) is 0 Å². The maximum absolute atomic E-state index is 9.27. The number of nitrogen functional groups attached to an aromatic ring is 1. The summed E-state index contributed by atoms with van der Waals surface area (Å²) >= 11 is 0. The predicted molar refractivity (Wildman–Crippen MR) is 70.5 cm³/mol. The van der Waals surface area contributed by atoms with E-state index < -0.39 is 12.1 Å². The van der Waals surface area contributed by atoms with E-state index in [4.69, 9.17) is 16.0 Å². The van der Waals surface area contributed by atoms with Gasteiger partial charge in [0.15, 0.2) is 5.82 Å². The lowest BCUT2D eigenvalue weighted by Crippen LogP contribution is -2.22. The number of hydrogen-bond donors (Lipinski definition) is 2. The van der Waals surface area contributed by atoms with Gasteiger partial charge in [-0.1, -0.05) is 5.11 Å². The van der Waals surface area contributed by atoms with Gasteiger partial charge in [0.1, 0.15) is 11.7 Å². The zero-order chi connectivity index (χ0) is 14.1. The minimum atomic E-state index is -0.507. The van der Waals surface area contributed by atoms with Crippen LogP contribution >= 0.6 is 0 Å². The van der Waals surface area contributed by atoms with Gasteiger partial charge in [-0.15, -0.1) is 0 Å². The van der Waals surface area contributed by atoms with Gasteiger partial charge in [-0.25, -0.2) is 9.97 Å². The monoisotopic (exact) mass is 275 g/mol. The highest BCUT2D eigenvalue weighted by molar-refractivity contribution is 5.84. The maximum atomic E-state index is 9.27. The number of rotatable bonds is 3. The third kappa shape index (κ3) is 1.94. The molecule has 3 rings (SSSR count). The molecule has 0 amide bonds. The molecule has 0 aromatic carbocycles. The van der Waals surface area contributed by atoms with E-state index in [1.807, 2.05) is 4.57 Å². The van der Waals surface area contributed by atoms with Crippen LogP contribution in [0.4, 0.5) is 5.82 Å². The van der Waals surface area contributed by atoms with E-state index in [2.05, 4.69) is 20.0 Å². The Hall–Kier alpha value is -2.35. The number of imidazole rings is 1. The lowest BCUT2D eigenvalue weighted by Gasteiger charge is -2.14. The number of pyridine rings is 1. The van der Waals surface area contributed by atoms with E-state index in [0.717, 1.165) is 5.52 Å². The van der Waals surface area contributed by atoms with Gasteiger partial charge in [-0.2, -0.15) is 0 Å². The SMILES string of the molecule is [N-]=[N+]=NC1C[C@@H](n2cnc3c(N)nccc32)O[C@@H]1CO. The summed E-state index contributed by atoms with van der Waals surface area (Å²) in [7, 11) is 0. The first-order chi connectivity index (χ1) is 9.74. The molecule has 1 unspecified atom stereocenters. The molecule has 3 heterocycles. The number of hydrogen-bond acceptors (Lipinski definition) is 6. The fourth-order valence-corrected chi connectivity index (χ4v) is 2.45. The second-order valence-electron chi connectivity index (χ2n) is 4.54. The largest absolute Gasteiger partial charge is 0.394 e. The van der Waals surface area contributed by atoms with Crippen molar-refractivity contribution in [2.75, 3.05) is 12.3 Å². The first kappa shape index (κ1) is 12.7. The Kier molecular flexibility index (Phi) is 3.15. The quantitative estimate of drug-likeness (QED) is 0.488. The van der Waals surface area contributed by atoms with Crippen LogP contribution in [-0.2, 0) is 4.74 Å². The molecular formula is C11H13N7O2. The lowest BCUT2D eigenvalue weighted by atomic mass is 10.1. The highest BCUT2D eigenvalue weighted by atomic mass is 16.5. The lowest BCUT2D eigenvalue weighted by molar-refractivity contribution is -0.0230. The predicted octanol–water partition coefficient (Wildman–Crippen LogP) is 0.972. The third-order valence-electron chi connectivity index (χ3n) is 3.41. The van der Waals surface area contributed by atoms with E-state index in [-0.39, 0.29) is 12.8 Å². The summed E-state index contributed by atoms with van der Waals surface area (Å²) in [5.74, 6) is 0.351. The Morgan fingerprint density at radius 2 is 2.45 bits per heavy atom. The summed E-state index contributed by atoms with van der Waals surface area (Å²) in [4.78, 5) is 11.0. The number of anilines is 1. The molecule has 0 aliphatic carbocycles. The normalized spacial score (nSPS) is 25.8. The van der Waals surface area contributed by atoms with E-state index in [1.54, 1.807) is 18.6 Å². The first-order valence-electron chi connectivity index (χ1n) is 6.12. The van der Waals surface area contributed by atoms with Crippen molar-refractivity contribution in [1.82, 2.24) is 14.5 Å². The Morgan fingerprint density at radius 1 is 1.60 bits per heavy atom. The van der Waals surface area contributed by atoms with Gasteiger partial charge >= 0.3 is 0 Å². The summed E-state index contributed by atoms with van der Waals surface area (Å²) in [5, 5.41) is 12.9. The van der Waals surface area contributed by atoms with Crippen molar-refractivity contribution >= 4 is 16.9 Å². The highest BCUT2D eigenvalue weighted by Crippen LogP contribution is 2.33. The van der Waals surface area contributed by atoms with Crippen LogP contribution in [0.3, 0.4) is 0 Å². The number of nitrogens with zero attached hydrogens (tertiary/aromatic N) is 6. The van der Waals surface area contributed by atoms with Crippen molar-refractivity contribution in [3.8, 4) is 0 Å². The number of ether oxygens (including phenoxy) is 1. The Morgan fingerprint density at radius 3 is 3.20 bits per heavy atom. The zero-order valence-corrected chi connectivity index (χ0v) is 10.5. The van der Waals surface area contributed by atoms with E-state index in [9.17, 15) is 5.11 Å². The number of azide groups is 1. The molecular weight excluding hydrogens is 262 g/mol. The molecule has 1 aliphatic rings. The molecule has 0 radical (unpaired) electrons. The standard InChI is InChI=1S/C11H13N7O2/c12-11-10-7(1-2-14-11)18(5-15-10)9-3-6(16-17-13)8(4-19)20-9/h1-2,5-6,8-9,19H,3-4H2,(H2,12,14)/t6?,8-,9+/m1/s1. The van der Waals surface area contributed by atoms with E-state index >= 15 is 0 Å². The van der Waals surface area contributed by atoms with Gasteiger partial charge in [0.25, 0.3) is 0 Å². The maximum Gasteiger partial charge on any atom is 0.151 e. The van der Waals surface area contributed by atoms with Crippen LogP contribution in [0.25, 0.3) is 21.5 Å². The molecule has 1 aliphatic heterocycles. The molecule has 0 spiro atoms. The smallest absolute Gasteiger partial charge is 0.151 e. The molecule has 9 nitrogen and oxygen atoms in total. The second kappa shape index (κ2) is 4.97. The van der Waals surface area contributed by atoms with Crippen molar-refractivity contribution in [2.24, 2.45) is 5.11 Å². The first-order valence-corrected chi connectivity index (χ1v) is 6.12. The van der Waals surface area contributed by atoms with Crippen molar-refractivity contribution < 1.29 is 9.84 Å². The highest BCUT2D eigenvalue weighted by Gasteiger charge is 2.35. The number of fused-ring (bicyclic) bond motifs is 1. The van der Waals surface area contributed by atoms with Crippen molar-refractivity contribution in [2.45, 2.75) is 24.8 Å². The minimum Gasteiger partial charge on any atom is -0.394 e. The van der Waals surface area contributed by atoms with Crippen LogP contribution in [0.2, 0.25) is 0 Å². The number of aromatic nitrogens is 3. The fraction of sp³-hybridized carbons (Fsp3) is 0.455. The van der Waals surface area contributed by atoms with Crippen molar-refractivity contribution in [3.05, 3.63) is 29.0 Å². The molecule has 0 saturated carbocycles. The average Bonchev–Trinajstić information content (AvgIpc) is 3.03. The fourth-order valence-electron chi connectivity index (χ4n) is 2.45. The molecule has 20 heavy (non-hydrogen) atoms. The van der Waals surface area contributed by atoms with Crippen LogP contribution in [0.15, 0.2) is 23.7 Å². The van der Waals surface area contributed by atoms with Gasteiger partial charge < -0.3 is 20.1 Å². The minimum absolute atomic E-state index is 0.198. The number of aliphatic hydroxyl groups excluding tert-OH is 1. The summed E-state index contributed by atoms with van der Waals surface area (Å²) in [6.45, 7) is -0.198. The molecule has 1 fully saturated rings. The molecule has 0 bridgehead atoms. The third-order valence-corrected chi connectivity index (χ3v) is 3.41. The van der Waals surface area contributed by atoms with Crippen molar-refractivity contribution in [1.29, 1.82) is 0 Å². The topological polar surface area (TPSA) is 135 Å². The second-order valence-corrected chi connectivity index (χ2v) is 4.54. The summed E-state index contributed by atoms with van der Waals surface area (Å²) in [6, 6.07) is 1.39. The molecule has 2 aromatic rings.